The van der Waals surface area contributed by atoms with Crippen molar-refractivity contribution in [2.75, 3.05) is 6.61 Å². The van der Waals surface area contributed by atoms with E-state index in [0.717, 1.165) is 0 Å². The lowest BCUT2D eigenvalue weighted by molar-refractivity contribution is -0.147. The summed E-state index contributed by atoms with van der Waals surface area (Å²) in [5.41, 5.74) is 0. The molecule has 2 rings (SSSR count). The van der Waals surface area contributed by atoms with E-state index in [0.29, 0.717) is 18.8 Å². The van der Waals surface area contributed by atoms with Gasteiger partial charge in [0.2, 0.25) is 0 Å². The summed E-state index contributed by atoms with van der Waals surface area (Å²) in [4.78, 5) is 14.5. The molecule has 0 saturated carbocycles. The Morgan fingerprint density at radius 2 is 2.27 bits per heavy atom. The van der Waals surface area contributed by atoms with Gasteiger partial charge < -0.3 is 14.6 Å². The Morgan fingerprint density at radius 1 is 1.53 bits per heavy atom. The maximum atomic E-state index is 10.6. The van der Waals surface area contributed by atoms with Crippen LogP contribution in [0.5, 0.6) is 5.75 Å². The molecule has 2 unspecified atom stereocenters. The van der Waals surface area contributed by atoms with Crippen LogP contribution in [0.3, 0.4) is 0 Å². The Bertz CT molecular complexity index is 341. The highest BCUT2D eigenvalue weighted by Crippen LogP contribution is 2.19. The second kappa shape index (κ2) is 4.27. The van der Waals surface area contributed by atoms with Crippen molar-refractivity contribution in [2.45, 2.75) is 18.6 Å². The third-order valence-electron chi connectivity index (χ3n) is 2.19. The van der Waals surface area contributed by atoms with Crippen molar-refractivity contribution in [1.29, 1.82) is 0 Å². The van der Waals surface area contributed by atoms with Gasteiger partial charge in [-0.15, -0.1) is 0 Å². The molecule has 1 aliphatic heterocycles. The first-order valence-electron chi connectivity index (χ1n) is 4.67. The molecule has 15 heavy (non-hydrogen) atoms. The lowest BCUT2D eigenvalue weighted by Gasteiger charge is -2.10. The summed E-state index contributed by atoms with van der Waals surface area (Å²) in [5, 5.41) is 8.71. The first-order chi connectivity index (χ1) is 7.25. The zero-order valence-corrected chi connectivity index (χ0v) is 8.00. The summed E-state index contributed by atoms with van der Waals surface area (Å²) in [5.74, 6) is -0.250. The van der Waals surface area contributed by atoms with E-state index in [4.69, 9.17) is 14.6 Å². The lowest BCUT2D eigenvalue weighted by atomic mass is 10.2. The zero-order valence-electron chi connectivity index (χ0n) is 8.00. The quantitative estimate of drug-likeness (QED) is 0.793. The lowest BCUT2D eigenvalue weighted by Crippen LogP contribution is -2.20. The third-order valence-corrected chi connectivity index (χ3v) is 2.19. The molecular formula is C10H11NO4. The first-order valence-corrected chi connectivity index (χ1v) is 4.67. The fourth-order valence-electron chi connectivity index (χ4n) is 1.46. The molecule has 1 aromatic rings. The minimum absolute atomic E-state index is 0.187. The van der Waals surface area contributed by atoms with Gasteiger partial charge in [0, 0.05) is 18.8 Å². The Balaban J connectivity index is 1.90. The Kier molecular flexibility index (Phi) is 2.82. The van der Waals surface area contributed by atoms with Gasteiger partial charge in [0.1, 0.15) is 11.9 Å². The topological polar surface area (TPSA) is 68.7 Å². The Hall–Kier alpha value is -1.62. The highest BCUT2D eigenvalue weighted by molar-refractivity contribution is 5.72. The summed E-state index contributed by atoms with van der Waals surface area (Å²) in [6, 6.07) is 3.46. The molecule has 2 atom stereocenters. The highest BCUT2D eigenvalue weighted by Gasteiger charge is 2.31. The van der Waals surface area contributed by atoms with Crippen LogP contribution >= 0.6 is 0 Å². The molecule has 2 heterocycles. The molecule has 1 aliphatic rings. The summed E-state index contributed by atoms with van der Waals surface area (Å²) in [6.45, 7) is 0.319. The van der Waals surface area contributed by atoms with E-state index in [1.54, 1.807) is 24.5 Å². The Labute approximate surface area is 86.7 Å². The van der Waals surface area contributed by atoms with Crippen molar-refractivity contribution in [3.05, 3.63) is 24.5 Å². The number of pyridine rings is 1. The minimum atomic E-state index is -0.934. The van der Waals surface area contributed by atoms with Gasteiger partial charge in [0.15, 0.2) is 6.10 Å². The highest BCUT2D eigenvalue weighted by atomic mass is 16.6. The van der Waals surface area contributed by atoms with Crippen molar-refractivity contribution in [2.24, 2.45) is 0 Å². The molecule has 5 nitrogen and oxygen atoms in total. The largest absolute Gasteiger partial charge is 0.488 e. The second-order valence-electron chi connectivity index (χ2n) is 3.32. The van der Waals surface area contributed by atoms with Crippen LogP contribution in [-0.4, -0.2) is 34.9 Å². The third kappa shape index (κ3) is 2.44. The normalized spacial score (nSPS) is 25.1. The van der Waals surface area contributed by atoms with E-state index in [9.17, 15) is 4.79 Å². The maximum absolute atomic E-state index is 10.6. The van der Waals surface area contributed by atoms with Gasteiger partial charge in [0.25, 0.3) is 0 Å². The molecule has 0 bridgehead atoms. The molecule has 1 N–H and O–H groups in total. The molecule has 5 heteroatoms. The number of carbonyl (C=O) groups is 1. The molecule has 1 aromatic heterocycles. The van der Waals surface area contributed by atoms with Crippen LogP contribution in [0, 0.1) is 0 Å². The van der Waals surface area contributed by atoms with Crippen LogP contribution in [-0.2, 0) is 9.53 Å². The number of ether oxygens (including phenoxy) is 2. The number of aliphatic carboxylic acids is 1. The van der Waals surface area contributed by atoms with Crippen LogP contribution in [0.2, 0.25) is 0 Å². The van der Waals surface area contributed by atoms with Crippen LogP contribution in [0.15, 0.2) is 24.5 Å². The van der Waals surface area contributed by atoms with Gasteiger partial charge in [0.05, 0.1) is 6.61 Å². The van der Waals surface area contributed by atoms with Crippen LogP contribution < -0.4 is 4.74 Å². The number of rotatable bonds is 3. The van der Waals surface area contributed by atoms with Crippen molar-refractivity contribution in [3.8, 4) is 5.75 Å². The molecule has 0 spiro atoms. The number of nitrogens with zero attached hydrogens (tertiary/aromatic N) is 1. The van der Waals surface area contributed by atoms with E-state index in [2.05, 4.69) is 4.98 Å². The first kappa shape index (κ1) is 9.92. The van der Waals surface area contributed by atoms with Crippen molar-refractivity contribution >= 4 is 5.97 Å². The van der Waals surface area contributed by atoms with E-state index in [-0.39, 0.29) is 6.10 Å². The molecule has 0 amide bonds. The number of aromatic nitrogens is 1. The van der Waals surface area contributed by atoms with E-state index >= 15 is 0 Å². The average molecular weight is 209 g/mol. The standard InChI is InChI=1S/C10H11NO4/c12-10(13)9-5-8(6-14-9)15-7-1-3-11-4-2-7/h1-4,8-9H,5-6H2,(H,12,13). The van der Waals surface area contributed by atoms with Gasteiger partial charge in [-0.2, -0.15) is 0 Å². The fourth-order valence-corrected chi connectivity index (χ4v) is 1.46. The van der Waals surface area contributed by atoms with Crippen LogP contribution in [0.1, 0.15) is 6.42 Å². The number of hydrogen-bond donors (Lipinski definition) is 1. The summed E-state index contributed by atoms with van der Waals surface area (Å²) >= 11 is 0. The molecule has 1 saturated heterocycles. The minimum Gasteiger partial charge on any atom is -0.488 e. The van der Waals surface area contributed by atoms with Gasteiger partial charge in [-0.3, -0.25) is 4.98 Å². The SMILES string of the molecule is O=C(O)C1CC(Oc2ccncc2)CO1. The summed E-state index contributed by atoms with van der Waals surface area (Å²) < 4.78 is 10.6. The zero-order chi connectivity index (χ0) is 10.7. The fraction of sp³-hybridized carbons (Fsp3) is 0.400. The molecule has 0 radical (unpaired) electrons. The number of hydrogen-bond acceptors (Lipinski definition) is 4. The summed E-state index contributed by atoms with van der Waals surface area (Å²) in [6.07, 6.45) is 2.71. The van der Waals surface area contributed by atoms with Crippen LogP contribution in [0.25, 0.3) is 0 Å². The van der Waals surface area contributed by atoms with Gasteiger partial charge in [-0.05, 0) is 12.1 Å². The predicted octanol–water partition coefficient (Wildman–Crippen LogP) is 0.703. The van der Waals surface area contributed by atoms with E-state index < -0.39 is 12.1 Å². The van der Waals surface area contributed by atoms with Crippen molar-refractivity contribution < 1.29 is 19.4 Å². The number of carboxylic acids is 1. The maximum Gasteiger partial charge on any atom is 0.332 e. The van der Waals surface area contributed by atoms with Gasteiger partial charge in [-0.25, -0.2) is 4.79 Å². The van der Waals surface area contributed by atoms with Gasteiger partial charge >= 0.3 is 5.97 Å². The molecule has 0 aliphatic carbocycles. The van der Waals surface area contributed by atoms with Gasteiger partial charge in [-0.1, -0.05) is 0 Å². The smallest absolute Gasteiger partial charge is 0.332 e. The molecular weight excluding hydrogens is 198 g/mol. The van der Waals surface area contributed by atoms with E-state index in [1.807, 2.05) is 0 Å². The molecule has 80 valence electrons. The molecule has 1 fully saturated rings. The van der Waals surface area contributed by atoms with Crippen molar-refractivity contribution in [1.82, 2.24) is 4.98 Å². The average Bonchev–Trinajstić information content (AvgIpc) is 2.68. The van der Waals surface area contributed by atoms with Crippen molar-refractivity contribution in [3.63, 3.8) is 0 Å². The van der Waals surface area contributed by atoms with E-state index in [1.165, 1.54) is 0 Å². The summed E-state index contributed by atoms with van der Waals surface area (Å²) in [7, 11) is 0. The Morgan fingerprint density at radius 3 is 2.87 bits per heavy atom. The number of carboxylic acid groups (broad SMARTS) is 1. The molecule has 0 aromatic carbocycles. The predicted molar refractivity (Wildman–Crippen MR) is 50.6 cm³/mol. The van der Waals surface area contributed by atoms with Crippen LogP contribution in [0.4, 0.5) is 0 Å². The monoisotopic (exact) mass is 209 g/mol. The second-order valence-corrected chi connectivity index (χ2v) is 3.32.